The molecule has 4 saturated carbocycles. The number of aliphatic hydroxyl groups excluding tert-OH is 1. The summed E-state index contributed by atoms with van der Waals surface area (Å²) in [5.74, 6) is 0.499. The zero-order chi connectivity index (χ0) is 22.1. The van der Waals surface area contributed by atoms with Crippen molar-refractivity contribution in [1.29, 1.82) is 0 Å². The molecule has 1 N–H and O–H groups in total. The summed E-state index contributed by atoms with van der Waals surface area (Å²) < 4.78 is 6.26. The number of fused-ring (bicyclic) bond motifs is 2. The Morgan fingerprint density at radius 1 is 1.10 bits per heavy atom. The van der Waals surface area contributed by atoms with E-state index in [4.69, 9.17) is 4.74 Å². The molecule has 1 aromatic carbocycles. The number of rotatable bonds is 3. The van der Waals surface area contributed by atoms with Gasteiger partial charge < -0.3 is 9.84 Å². The fraction of sp³-hybridized carbons (Fsp3) is 0.704. The van der Waals surface area contributed by atoms with E-state index in [-0.39, 0.29) is 52.2 Å². The Morgan fingerprint density at radius 3 is 2.55 bits per heavy atom. The van der Waals surface area contributed by atoms with Gasteiger partial charge in [0, 0.05) is 24.4 Å². The lowest BCUT2D eigenvalue weighted by molar-refractivity contribution is -0.224. The lowest BCUT2D eigenvalue weighted by atomic mass is 9.37. The van der Waals surface area contributed by atoms with Gasteiger partial charge >= 0.3 is 5.97 Å². The molecule has 4 fully saturated rings. The van der Waals surface area contributed by atoms with Crippen LogP contribution in [0.3, 0.4) is 0 Å². The number of hydrogen-bond acceptors (Lipinski definition) is 4. The van der Waals surface area contributed by atoms with Gasteiger partial charge in [-0.1, -0.05) is 45.4 Å². The van der Waals surface area contributed by atoms with E-state index in [1.54, 1.807) is 12.1 Å². The monoisotopic (exact) mass is 424 g/mol. The smallest absolute Gasteiger partial charge is 0.338 e. The predicted molar refractivity (Wildman–Crippen MR) is 118 cm³/mol. The molecule has 4 nitrogen and oxygen atoms in total. The van der Waals surface area contributed by atoms with Crippen molar-refractivity contribution in [2.75, 3.05) is 6.61 Å². The second-order valence-corrected chi connectivity index (χ2v) is 11.8. The maximum atomic E-state index is 13.1. The normalized spacial score (nSPS) is 46.2. The molecule has 0 saturated heterocycles. The number of Topliss-reactive ketones (excluding diaryl/α,β-unsaturated/α-hetero) is 1. The Labute approximate surface area is 185 Å². The molecule has 1 spiro atoms. The van der Waals surface area contributed by atoms with E-state index in [1.807, 2.05) is 18.2 Å². The minimum Gasteiger partial charge on any atom is -0.458 e. The number of ketones is 1. The number of esters is 1. The van der Waals surface area contributed by atoms with E-state index in [1.165, 1.54) is 0 Å². The summed E-state index contributed by atoms with van der Waals surface area (Å²) in [4.78, 5) is 26.1. The lowest BCUT2D eigenvalue weighted by Crippen LogP contribution is -2.65. The van der Waals surface area contributed by atoms with Gasteiger partial charge in [-0.3, -0.25) is 4.79 Å². The molecule has 2 bridgehead atoms. The van der Waals surface area contributed by atoms with Crippen LogP contribution in [0.25, 0.3) is 0 Å². The van der Waals surface area contributed by atoms with Gasteiger partial charge in [0.25, 0.3) is 0 Å². The molecule has 4 aliphatic carbocycles. The number of aliphatic hydroxyl groups is 1. The first kappa shape index (κ1) is 21.2. The highest BCUT2D eigenvalue weighted by atomic mass is 16.5. The van der Waals surface area contributed by atoms with Crippen LogP contribution in [-0.2, 0) is 9.53 Å². The topological polar surface area (TPSA) is 63.6 Å². The molecule has 0 unspecified atom stereocenters. The Hall–Kier alpha value is -1.68. The van der Waals surface area contributed by atoms with E-state index >= 15 is 0 Å². The summed E-state index contributed by atoms with van der Waals surface area (Å²) in [5.41, 5.74) is 0.192. The minimum atomic E-state index is -0.284. The zero-order valence-corrected chi connectivity index (χ0v) is 19.2. The number of ether oxygens (including phenoxy) is 1. The largest absolute Gasteiger partial charge is 0.458 e. The Morgan fingerprint density at radius 2 is 1.84 bits per heavy atom. The molecule has 0 heterocycles. The third-order valence-corrected chi connectivity index (χ3v) is 10.3. The average Bonchev–Trinajstić information content (AvgIpc) is 3.08. The van der Waals surface area contributed by atoms with Crippen LogP contribution in [0, 0.1) is 33.5 Å². The predicted octanol–water partition coefficient (Wildman–Crippen LogP) is 5.19. The van der Waals surface area contributed by atoms with Crippen LogP contribution in [0.2, 0.25) is 0 Å². The van der Waals surface area contributed by atoms with Crippen LogP contribution in [0.4, 0.5) is 0 Å². The van der Waals surface area contributed by atoms with Crippen molar-refractivity contribution in [3.8, 4) is 0 Å². The number of benzene rings is 1. The standard InChI is InChI=1S/C27H36O4/c1-24-12-13-27(16-24)19(15-21(24)29)14-20(31-23(30)18-8-5-4-6-9-18)22-25(2,17-28)10-7-11-26(22,27)3/h4-6,8-9,19-20,22,28H,7,10-17H2,1-3H3/t19-,20+,22-,24-,25+,26-,27-/m1/s1. The average molecular weight is 425 g/mol. The molecule has 4 heteroatoms. The fourth-order valence-electron chi connectivity index (χ4n) is 8.73. The van der Waals surface area contributed by atoms with Gasteiger partial charge in [-0.05, 0) is 72.8 Å². The summed E-state index contributed by atoms with van der Waals surface area (Å²) in [6, 6.07) is 9.20. The molecule has 4 aliphatic rings. The van der Waals surface area contributed by atoms with Crippen molar-refractivity contribution in [3.63, 3.8) is 0 Å². The van der Waals surface area contributed by atoms with Gasteiger partial charge in [0.2, 0.25) is 0 Å². The molecule has 0 aliphatic heterocycles. The third kappa shape index (κ3) is 2.83. The highest BCUT2D eigenvalue weighted by molar-refractivity contribution is 5.89. The van der Waals surface area contributed by atoms with Crippen molar-refractivity contribution in [3.05, 3.63) is 35.9 Å². The summed E-state index contributed by atoms with van der Waals surface area (Å²) in [6.45, 7) is 6.89. The van der Waals surface area contributed by atoms with E-state index in [2.05, 4.69) is 20.8 Å². The van der Waals surface area contributed by atoms with Crippen molar-refractivity contribution in [1.82, 2.24) is 0 Å². The number of hydrogen-bond donors (Lipinski definition) is 1. The van der Waals surface area contributed by atoms with Crippen molar-refractivity contribution in [2.45, 2.75) is 78.2 Å². The molecule has 7 atom stereocenters. The molecular formula is C27H36O4. The molecule has 168 valence electrons. The van der Waals surface area contributed by atoms with Crippen LogP contribution >= 0.6 is 0 Å². The number of carbonyl (C=O) groups is 2. The van der Waals surface area contributed by atoms with Gasteiger partial charge in [0.05, 0.1) is 5.56 Å². The van der Waals surface area contributed by atoms with Gasteiger partial charge in [-0.15, -0.1) is 0 Å². The molecular weight excluding hydrogens is 388 g/mol. The van der Waals surface area contributed by atoms with E-state index in [0.29, 0.717) is 17.8 Å². The molecule has 0 aromatic heterocycles. The Bertz CT molecular complexity index is 896. The third-order valence-electron chi connectivity index (χ3n) is 10.3. The molecule has 0 radical (unpaired) electrons. The molecule has 1 aromatic rings. The molecule has 0 amide bonds. The van der Waals surface area contributed by atoms with Gasteiger partial charge in [0.15, 0.2) is 0 Å². The lowest BCUT2D eigenvalue weighted by Gasteiger charge is -2.67. The van der Waals surface area contributed by atoms with E-state index < -0.39 is 0 Å². The van der Waals surface area contributed by atoms with Crippen LogP contribution in [0.5, 0.6) is 0 Å². The van der Waals surface area contributed by atoms with Gasteiger partial charge in [0.1, 0.15) is 11.9 Å². The van der Waals surface area contributed by atoms with E-state index in [9.17, 15) is 14.7 Å². The summed E-state index contributed by atoms with van der Waals surface area (Å²) in [7, 11) is 0. The minimum absolute atomic E-state index is 0.0360. The zero-order valence-electron chi connectivity index (χ0n) is 19.2. The summed E-state index contributed by atoms with van der Waals surface area (Å²) in [6.07, 6.45) is 7.28. The highest BCUT2D eigenvalue weighted by Crippen LogP contribution is 2.75. The van der Waals surface area contributed by atoms with Crippen LogP contribution in [0.1, 0.15) is 82.5 Å². The molecule has 5 rings (SSSR count). The fourth-order valence-corrected chi connectivity index (χ4v) is 8.73. The SMILES string of the molecule is C[C@@]12CC[C@@]3(C1)[C@@H](CC2=O)C[C@H](OC(=O)c1ccccc1)[C@@H]1[C@](C)(CO)CCC[C@]13C. The van der Waals surface area contributed by atoms with Crippen molar-refractivity contribution in [2.24, 2.45) is 33.5 Å². The van der Waals surface area contributed by atoms with Crippen LogP contribution < -0.4 is 0 Å². The molecule has 31 heavy (non-hydrogen) atoms. The second kappa shape index (κ2) is 6.91. The summed E-state index contributed by atoms with van der Waals surface area (Å²) >= 11 is 0. The second-order valence-electron chi connectivity index (χ2n) is 11.8. The van der Waals surface area contributed by atoms with E-state index in [0.717, 1.165) is 44.9 Å². The number of carbonyl (C=O) groups excluding carboxylic acids is 2. The van der Waals surface area contributed by atoms with Crippen molar-refractivity contribution >= 4 is 11.8 Å². The van der Waals surface area contributed by atoms with Crippen LogP contribution in [-0.4, -0.2) is 29.6 Å². The quantitative estimate of drug-likeness (QED) is 0.679. The maximum Gasteiger partial charge on any atom is 0.338 e. The van der Waals surface area contributed by atoms with Crippen molar-refractivity contribution < 1.29 is 19.4 Å². The first-order chi connectivity index (χ1) is 14.7. The summed E-state index contributed by atoms with van der Waals surface area (Å²) in [5, 5.41) is 10.5. The van der Waals surface area contributed by atoms with Crippen LogP contribution in [0.15, 0.2) is 30.3 Å². The highest BCUT2D eigenvalue weighted by Gasteiger charge is 2.72. The first-order valence-corrected chi connectivity index (χ1v) is 12.1. The Balaban J connectivity index is 1.57. The van der Waals surface area contributed by atoms with Gasteiger partial charge in [-0.2, -0.15) is 0 Å². The first-order valence-electron chi connectivity index (χ1n) is 12.1. The van der Waals surface area contributed by atoms with Gasteiger partial charge in [-0.25, -0.2) is 4.79 Å². The maximum absolute atomic E-state index is 13.1. The Kier molecular flexibility index (Phi) is 4.72.